The molecular formula is C15H16Cl2N2. The van der Waals surface area contributed by atoms with Gasteiger partial charge < -0.3 is 5.32 Å². The Labute approximate surface area is 123 Å². The number of halogens is 2. The van der Waals surface area contributed by atoms with E-state index in [2.05, 4.69) is 24.1 Å². The van der Waals surface area contributed by atoms with E-state index in [1.165, 1.54) is 5.56 Å². The SMILES string of the molecule is CC(N[C@@H](C)c1ccncc1)c1cc(Cl)ccc1Cl. The van der Waals surface area contributed by atoms with Crippen molar-refractivity contribution in [3.05, 3.63) is 63.9 Å². The second-order valence-corrected chi connectivity index (χ2v) is 5.40. The number of benzene rings is 1. The first kappa shape index (κ1) is 14.3. The molecule has 0 aliphatic rings. The van der Waals surface area contributed by atoms with E-state index in [1.807, 2.05) is 24.3 Å². The predicted octanol–water partition coefficient (Wildman–Crippen LogP) is 4.80. The molecule has 1 aromatic carbocycles. The van der Waals surface area contributed by atoms with Crippen molar-refractivity contribution >= 4 is 23.2 Å². The molecule has 1 unspecified atom stereocenters. The van der Waals surface area contributed by atoms with Crippen molar-refractivity contribution in [3.63, 3.8) is 0 Å². The van der Waals surface area contributed by atoms with Crippen LogP contribution in [0.5, 0.6) is 0 Å². The summed E-state index contributed by atoms with van der Waals surface area (Å²) in [6.07, 6.45) is 3.59. The number of rotatable bonds is 4. The topological polar surface area (TPSA) is 24.9 Å². The number of nitrogens with one attached hydrogen (secondary N) is 1. The van der Waals surface area contributed by atoms with E-state index in [-0.39, 0.29) is 12.1 Å². The fourth-order valence-electron chi connectivity index (χ4n) is 2.06. The molecule has 2 nitrogen and oxygen atoms in total. The molecule has 0 saturated carbocycles. The van der Waals surface area contributed by atoms with Crippen LogP contribution in [0.15, 0.2) is 42.7 Å². The van der Waals surface area contributed by atoms with Crippen LogP contribution in [0.1, 0.15) is 37.1 Å². The number of nitrogens with zero attached hydrogens (tertiary/aromatic N) is 1. The third kappa shape index (κ3) is 3.69. The van der Waals surface area contributed by atoms with Crippen molar-refractivity contribution in [2.45, 2.75) is 25.9 Å². The number of hydrogen-bond acceptors (Lipinski definition) is 2. The molecule has 0 radical (unpaired) electrons. The van der Waals surface area contributed by atoms with Gasteiger partial charge in [0.05, 0.1) is 0 Å². The molecule has 2 aromatic rings. The van der Waals surface area contributed by atoms with Gasteiger partial charge in [-0.1, -0.05) is 23.2 Å². The lowest BCUT2D eigenvalue weighted by atomic mass is 10.1. The summed E-state index contributed by atoms with van der Waals surface area (Å²) < 4.78 is 0. The lowest BCUT2D eigenvalue weighted by Crippen LogP contribution is -2.22. The van der Waals surface area contributed by atoms with E-state index >= 15 is 0 Å². The molecular weight excluding hydrogens is 279 g/mol. The zero-order valence-corrected chi connectivity index (χ0v) is 12.4. The second kappa shape index (κ2) is 6.38. The quantitative estimate of drug-likeness (QED) is 0.876. The van der Waals surface area contributed by atoms with Crippen LogP contribution in [0.2, 0.25) is 10.0 Å². The highest BCUT2D eigenvalue weighted by Crippen LogP contribution is 2.27. The lowest BCUT2D eigenvalue weighted by molar-refractivity contribution is 0.494. The normalized spacial score (nSPS) is 14.1. The average Bonchev–Trinajstić information content (AvgIpc) is 2.42. The minimum atomic E-state index is 0.120. The van der Waals surface area contributed by atoms with Gasteiger partial charge in [0.1, 0.15) is 0 Å². The first-order valence-electron chi connectivity index (χ1n) is 6.19. The van der Waals surface area contributed by atoms with E-state index in [4.69, 9.17) is 23.2 Å². The molecule has 2 atom stereocenters. The van der Waals surface area contributed by atoms with Gasteiger partial charge in [-0.2, -0.15) is 0 Å². The summed E-state index contributed by atoms with van der Waals surface area (Å²) >= 11 is 12.2. The Morgan fingerprint density at radius 2 is 1.68 bits per heavy atom. The van der Waals surface area contributed by atoms with Crippen LogP contribution >= 0.6 is 23.2 Å². The van der Waals surface area contributed by atoms with Gasteiger partial charge in [-0.05, 0) is 55.3 Å². The Bertz CT molecular complexity index is 543. The predicted molar refractivity (Wildman–Crippen MR) is 80.7 cm³/mol. The van der Waals surface area contributed by atoms with Gasteiger partial charge in [0.15, 0.2) is 0 Å². The molecule has 0 bridgehead atoms. The van der Waals surface area contributed by atoms with Gasteiger partial charge in [0.25, 0.3) is 0 Å². The molecule has 0 aliphatic heterocycles. The van der Waals surface area contributed by atoms with Crippen molar-refractivity contribution in [2.24, 2.45) is 0 Å². The third-order valence-electron chi connectivity index (χ3n) is 3.13. The van der Waals surface area contributed by atoms with Crippen molar-refractivity contribution in [3.8, 4) is 0 Å². The number of pyridine rings is 1. The van der Waals surface area contributed by atoms with E-state index < -0.39 is 0 Å². The molecule has 100 valence electrons. The molecule has 1 N–H and O–H groups in total. The van der Waals surface area contributed by atoms with Crippen LogP contribution in [0, 0.1) is 0 Å². The van der Waals surface area contributed by atoms with Crippen LogP contribution in [-0.2, 0) is 0 Å². The first-order chi connectivity index (χ1) is 9.08. The standard InChI is InChI=1S/C15H16Cl2N2/c1-10(12-5-7-18-8-6-12)19-11(2)14-9-13(16)3-4-15(14)17/h3-11,19H,1-2H3/t10-,11?/m0/s1. The Kier molecular flexibility index (Phi) is 4.81. The van der Waals surface area contributed by atoms with Crippen molar-refractivity contribution in [1.29, 1.82) is 0 Å². The summed E-state index contributed by atoms with van der Waals surface area (Å²) in [4.78, 5) is 4.02. The van der Waals surface area contributed by atoms with Gasteiger partial charge >= 0.3 is 0 Å². The fourth-order valence-corrected chi connectivity index (χ4v) is 2.52. The Morgan fingerprint density at radius 1 is 1.00 bits per heavy atom. The molecule has 0 amide bonds. The zero-order valence-electron chi connectivity index (χ0n) is 10.9. The van der Waals surface area contributed by atoms with E-state index in [9.17, 15) is 0 Å². The third-order valence-corrected chi connectivity index (χ3v) is 3.71. The van der Waals surface area contributed by atoms with Crippen molar-refractivity contribution < 1.29 is 0 Å². The van der Waals surface area contributed by atoms with Gasteiger partial charge in [-0.25, -0.2) is 0 Å². The minimum absolute atomic E-state index is 0.120. The van der Waals surface area contributed by atoms with E-state index in [1.54, 1.807) is 18.5 Å². The molecule has 2 rings (SSSR count). The maximum absolute atomic E-state index is 6.21. The summed E-state index contributed by atoms with van der Waals surface area (Å²) in [6.45, 7) is 4.19. The van der Waals surface area contributed by atoms with Gasteiger partial charge in [0, 0.05) is 34.5 Å². The molecule has 1 aromatic heterocycles. The van der Waals surface area contributed by atoms with E-state index in [0.29, 0.717) is 5.02 Å². The average molecular weight is 295 g/mol. The van der Waals surface area contributed by atoms with Crippen LogP contribution in [0.25, 0.3) is 0 Å². The van der Waals surface area contributed by atoms with Crippen LogP contribution in [0.3, 0.4) is 0 Å². The Morgan fingerprint density at radius 3 is 2.37 bits per heavy atom. The van der Waals surface area contributed by atoms with Crippen LogP contribution < -0.4 is 5.32 Å². The van der Waals surface area contributed by atoms with Gasteiger partial charge in [-0.15, -0.1) is 0 Å². The zero-order chi connectivity index (χ0) is 13.8. The Balaban J connectivity index is 2.13. The smallest absolute Gasteiger partial charge is 0.0454 e. The minimum Gasteiger partial charge on any atom is -0.304 e. The van der Waals surface area contributed by atoms with Gasteiger partial charge in [-0.3, -0.25) is 4.98 Å². The van der Waals surface area contributed by atoms with Gasteiger partial charge in [0.2, 0.25) is 0 Å². The van der Waals surface area contributed by atoms with Crippen molar-refractivity contribution in [2.75, 3.05) is 0 Å². The van der Waals surface area contributed by atoms with Crippen LogP contribution in [0.4, 0.5) is 0 Å². The molecule has 19 heavy (non-hydrogen) atoms. The molecule has 4 heteroatoms. The van der Waals surface area contributed by atoms with E-state index in [0.717, 1.165) is 10.6 Å². The largest absolute Gasteiger partial charge is 0.304 e. The highest BCUT2D eigenvalue weighted by Gasteiger charge is 2.14. The molecule has 0 spiro atoms. The Hall–Kier alpha value is -1.09. The maximum atomic E-state index is 6.21. The molecule has 0 fully saturated rings. The molecule has 1 heterocycles. The summed E-state index contributed by atoms with van der Waals surface area (Å²) in [5.41, 5.74) is 2.20. The highest BCUT2D eigenvalue weighted by molar-refractivity contribution is 6.33. The monoisotopic (exact) mass is 294 g/mol. The summed E-state index contributed by atoms with van der Waals surface area (Å²) in [7, 11) is 0. The summed E-state index contributed by atoms with van der Waals surface area (Å²) in [6, 6.07) is 9.87. The first-order valence-corrected chi connectivity index (χ1v) is 6.94. The molecule has 0 aliphatic carbocycles. The van der Waals surface area contributed by atoms with Crippen LogP contribution in [-0.4, -0.2) is 4.98 Å². The fraction of sp³-hybridized carbons (Fsp3) is 0.267. The second-order valence-electron chi connectivity index (χ2n) is 4.56. The highest BCUT2D eigenvalue weighted by atomic mass is 35.5. The number of hydrogen-bond donors (Lipinski definition) is 1. The van der Waals surface area contributed by atoms with Crippen molar-refractivity contribution in [1.82, 2.24) is 10.3 Å². The molecule has 0 saturated heterocycles. The number of aromatic nitrogens is 1. The summed E-state index contributed by atoms with van der Waals surface area (Å²) in [5, 5.41) is 4.94. The summed E-state index contributed by atoms with van der Waals surface area (Å²) in [5.74, 6) is 0. The maximum Gasteiger partial charge on any atom is 0.0454 e. The lowest BCUT2D eigenvalue weighted by Gasteiger charge is -2.21.